The standard InChI is InChI=1S/C16H16N4O2S/c1-10(15-18-11(2)20-22-15)17-16(21)19-13-6-3-5-12(9-13)14-7-4-8-23-14/h3-10H,1-2H3,(H2,17,19,21)/t10-/m1/s1. The summed E-state index contributed by atoms with van der Waals surface area (Å²) >= 11 is 1.66. The van der Waals surface area contributed by atoms with Gasteiger partial charge in [0.25, 0.3) is 0 Å². The Balaban J connectivity index is 1.65. The predicted molar refractivity (Wildman–Crippen MR) is 89.4 cm³/mol. The second kappa shape index (κ2) is 6.62. The minimum Gasteiger partial charge on any atom is -0.337 e. The highest BCUT2D eigenvalue weighted by Crippen LogP contribution is 2.26. The van der Waals surface area contributed by atoms with Gasteiger partial charge in [-0.1, -0.05) is 23.4 Å². The van der Waals surface area contributed by atoms with E-state index in [-0.39, 0.29) is 12.1 Å². The fourth-order valence-corrected chi connectivity index (χ4v) is 2.83. The number of hydrogen-bond acceptors (Lipinski definition) is 5. The van der Waals surface area contributed by atoms with Gasteiger partial charge in [0.1, 0.15) is 6.04 Å². The minimum absolute atomic E-state index is 0.323. The Morgan fingerprint density at radius 3 is 2.87 bits per heavy atom. The molecule has 1 atom stereocenters. The third-order valence-corrected chi connectivity index (χ3v) is 4.11. The van der Waals surface area contributed by atoms with Crippen molar-refractivity contribution < 1.29 is 9.32 Å². The summed E-state index contributed by atoms with van der Waals surface area (Å²) in [5.41, 5.74) is 1.79. The van der Waals surface area contributed by atoms with Crippen LogP contribution in [-0.4, -0.2) is 16.2 Å². The molecule has 3 aromatic rings. The maximum atomic E-state index is 12.1. The molecule has 0 saturated heterocycles. The molecular weight excluding hydrogens is 312 g/mol. The Morgan fingerprint density at radius 2 is 2.17 bits per heavy atom. The molecule has 1 aromatic carbocycles. The summed E-state index contributed by atoms with van der Waals surface area (Å²) in [5.74, 6) is 0.919. The monoisotopic (exact) mass is 328 g/mol. The molecule has 2 N–H and O–H groups in total. The van der Waals surface area contributed by atoms with Gasteiger partial charge < -0.3 is 15.2 Å². The third kappa shape index (κ3) is 3.75. The zero-order valence-corrected chi connectivity index (χ0v) is 13.6. The first-order valence-electron chi connectivity index (χ1n) is 7.13. The molecule has 118 valence electrons. The van der Waals surface area contributed by atoms with Crippen LogP contribution in [0.4, 0.5) is 10.5 Å². The fourth-order valence-electron chi connectivity index (χ4n) is 2.11. The van der Waals surface area contributed by atoms with E-state index in [4.69, 9.17) is 4.52 Å². The van der Waals surface area contributed by atoms with E-state index in [1.54, 1.807) is 25.2 Å². The number of aromatic nitrogens is 2. The quantitative estimate of drug-likeness (QED) is 0.759. The SMILES string of the molecule is Cc1noc([C@@H](C)NC(=O)Nc2cccc(-c3cccs3)c2)n1. The topological polar surface area (TPSA) is 80.0 Å². The molecule has 2 aromatic heterocycles. The number of thiophene rings is 1. The molecular formula is C16H16N4O2S. The second-order valence-corrected chi connectivity index (χ2v) is 6.01. The molecule has 0 bridgehead atoms. The van der Waals surface area contributed by atoms with Crippen LogP contribution in [0.25, 0.3) is 10.4 Å². The highest BCUT2D eigenvalue weighted by molar-refractivity contribution is 7.13. The van der Waals surface area contributed by atoms with Gasteiger partial charge in [0.05, 0.1) is 0 Å². The molecule has 7 heteroatoms. The summed E-state index contributed by atoms with van der Waals surface area (Å²) in [6.45, 7) is 3.52. The molecule has 3 rings (SSSR count). The molecule has 0 saturated carbocycles. The van der Waals surface area contributed by atoms with Crippen LogP contribution in [0.5, 0.6) is 0 Å². The zero-order chi connectivity index (χ0) is 16.2. The van der Waals surface area contributed by atoms with Crippen LogP contribution < -0.4 is 10.6 Å². The lowest BCUT2D eigenvalue weighted by molar-refractivity contribution is 0.245. The van der Waals surface area contributed by atoms with Gasteiger partial charge in [-0.15, -0.1) is 11.3 Å². The first-order valence-corrected chi connectivity index (χ1v) is 8.01. The summed E-state index contributed by atoms with van der Waals surface area (Å²) in [6, 6.07) is 11.1. The number of urea groups is 1. The van der Waals surface area contributed by atoms with Crippen molar-refractivity contribution in [3.8, 4) is 10.4 Å². The van der Waals surface area contributed by atoms with Gasteiger partial charge in [-0.2, -0.15) is 4.98 Å². The number of hydrogen-bond donors (Lipinski definition) is 2. The van der Waals surface area contributed by atoms with Crippen LogP contribution in [0.15, 0.2) is 46.3 Å². The van der Waals surface area contributed by atoms with Crippen molar-refractivity contribution in [3.05, 3.63) is 53.5 Å². The number of nitrogens with zero attached hydrogens (tertiary/aromatic N) is 2. The van der Waals surface area contributed by atoms with E-state index >= 15 is 0 Å². The number of anilines is 1. The fraction of sp³-hybridized carbons (Fsp3) is 0.188. The first kappa shape index (κ1) is 15.2. The number of benzene rings is 1. The van der Waals surface area contributed by atoms with Crippen molar-refractivity contribution in [1.82, 2.24) is 15.5 Å². The van der Waals surface area contributed by atoms with Crippen molar-refractivity contribution in [3.63, 3.8) is 0 Å². The van der Waals surface area contributed by atoms with Crippen molar-refractivity contribution in [2.75, 3.05) is 5.32 Å². The van der Waals surface area contributed by atoms with Crippen LogP contribution in [-0.2, 0) is 0 Å². The predicted octanol–water partition coefficient (Wildman–Crippen LogP) is 3.99. The summed E-state index contributed by atoms with van der Waals surface area (Å²) in [4.78, 5) is 17.3. The lowest BCUT2D eigenvalue weighted by Crippen LogP contribution is -2.31. The van der Waals surface area contributed by atoms with E-state index in [9.17, 15) is 4.79 Å². The summed E-state index contributed by atoms with van der Waals surface area (Å²) in [7, 11) is 0. The van der Waals surface area contributed by atoms with Crippen LogP contribution in [0.1, 0.15) is 24.7 Å². The number of amides is 2. The van der Waals surface area contributed by atoms with Crippen LogP contribution in [0, 0.1) is 6.92 Å². The summed E-state index contributed by atoms with van der Waals surface area (Å²) < 4.78 is 5.04. The van der Waals surface area contributed by atoms with Crippen molar-refractivity contribution in [1.29, 1.82) is 0 Å². The number of nitrogens with one attached hydrogen (secondary N) is 2. The zero-order valence-electron chi connectivity index (χ0n) is 12.7. The van der Waals surface area contributed by atoms with Gasteiger partial charge in [-0.05, 0) is 43.0 Å². The average molecular weight is 328 g/mol. The Morgan fingerprint density at radius 1 is 1.30 bits per heavy atom. The average Bonchev–Trinajstić information content (AvgIpc) is 3.18. The summed E-state index contributed by atoms with van der Waals surface area (Å²) in [5, 5.41) is 11.3. The molecule has 6 nitrogen and oxygen atoms in total. The Kier molecular flexibility index (Phi) is 4.38. The normalized spacial score (nSPS) is 11.9. The number of rotatable bonds is 4. The van der Waals surface area contributed by atoms with Gasteiger partial charge in [-0.3, -0.25) is 0 Å². The van der Waals surface area contributed by atoms with Crippen LogP contribution in [0.3, 0.4) is 0 Å². The highest BCUT2D eigenvalue weighted by Gasteiger charge is 2.15. The molecule has 0 fully saturated rings. The first-order chi connectivity index (χ1) is 11.1. The van der Waals surface area contributed by atoms with Crippen molar-refractivity contribution in [2.24, 2.45) is 0 Å². The van der Waals surface area contributed by atoms with E-state index in [1.807, 2.05) is 41.8 Å². The smallest absolute Gasteiger partial charge is 0.319 e. The maximum absolute atomic E-state index is 12.1. The molecule has 0 aliphatic rings. The maximum Gasteiger partial charge on any atom is 0.319 e. The van der Waals surface area contributed by atoms with Gasteiger partial charge in [-0.25, -0.2) is 4.79 Å². The van der Waals surface area contributed by atoms with Crippen LogP contribution in [0.2, 0.25) is 0 Å². The molecule has 2 amide bonds. The lowest BCUT2D eigenvalue weighted by Gasteiger charge is -2.11. The van der Waals surface area contributed by atoms with Crippen molar-refractivity contribution in [2.45, 2.75) is 19.9 Å². The highest BCUT2D eigenvalue weighted by atomic mass is 32.1. The largest absolute Gasteiger partial charge is 0.337 e. The molecule has 0 unspecified atom stereocenters. The second-order valence-electron chi connectivity index (χ2n) is 5.06. The number of carbonyl (C=O) groups is 1. The van der Waals surface area contributed by atoms with Gasteiger partial charge in [0.2, 0.25) is 5.89 Å². The molecule has 2 heterocycles. The minimum atomic E-state index is -0.364. The Hall–Kier alpha value is -2.67. The lowest BCUT2D eigenvalue weighted by atomic mass is 10.1. The van der Waals surface area contributed by atoms with Crippen LogP contribution >= 0.6 is 11.3 Å². The molecule has 0 radical (unpaired) electrons. The van der Waals surface area contributed by atoms with E-state index in [1.165, 1.54) is 0 Å². The van der Waals surface area contributed by atoms with Gasteiger partial charge in [0.15, 0.2) is 5.82 Å². The Bertz CT molecular complexity index is 798. The van der Waals surface area contributed by atoms with E-state index in [0.717, 1.165) is 16.1 Å². The number of carbonyl (C=O) groups excluding carboxylic acids is 1. The summed E-state index contributed by atoms with van der Waals surface area (Å²) in [6.07, 6.45) is 0. The van der Waals surface area contributed by atoms with Crippen molar-refractivity contribution >= 4 is 23.1 Å². The van der Waals surface area contributed by atoms with Gasteiger partial charge >= 0.3 is 6.03 Å². The third-order valence-electron chi connectivity index (χ3n) is 3.19. The Labute approximate surface area is 137 Å². The number of aryl methyl sites for hydroxylation is 1. The van der Waals surface area contributed by atoms with Gasteiger partial charge in [0, 0.05) is 10.6 Å². The molecule has 0 aliphatic heterocycles. The molecule has 23 heavy (non-hydrogen) atoms. The van der Waals surface area contributed by atoms with E-state index < -0.39 is 0 Å². The van der Waals surface area contributed by atoms with E-state index in [0.29, 0.717) is 11.7 Å². The van der Waals surface area contributed by atoms with E-state index in [2.05, 4.69) is 20.8 Å². The molecule has 0 spiro atoms. The molecule has 0 aliphatic carbocycles.